The quantitative estimate of drug-likeness (QED) is 0.649. The molecule has 0 saturated carbocycles. The molecule has 1 aliphatic rings. The van der Waals surface area contributed by atoms with E-state index < -0.39 is 0 Å². The van der Waals surface area contributed by atoms with Crippen molar-refractivity contribution in [3.05, 3.63) is 60.3 Å². The van der Waals surface area contributed by atoms with Crippen LogP contribution < -0.4 is 20.3 Å². The number of aromatic nitrogens is 3. The highest BCUT2D eigenvalue weighted by atomic mass is 16.5. The Bertz CT molecular complexity index is 892. The molecule has 0 bridgehead atoms. The van der Waals surface area contributed by atoms with E-state index in [0.717, 1.165) is 30.1 Å². The summed E-state index contributed by atoms with van der Waals surface area (Å²) in [7, 11) is 1.66. The largest absolute Gasteiger partial charge is 0.497 e. The fraction of sp³-hybridized carbons (Fsp3) is 0.286. The van der Waals surface area contributed by atoms with Crippen LogP contribution in [0.5, 0.6) is 5.75 Å². The molecule has 1 fully saturated rings. The van der Waals surface area contributed by atoms with E-state index in [1.807, 2.05) is 24.3 Å². The van der Waals surface area contributed by atoms with Crippen molar-refractivity contribution in [3.8, 4) is 5.75 Å². The second-order valence-corrected chi connectivity index (χ2v) is 6.73. The van der Waals surface area contributed by atoms with Gasteiger partial charge >= 0.3 is 0 Å². The van der Waals surface area contributed by atoms with Crippen LogP contribution >= 0.6 is 0 Å². The molecule has 0 amide bonds. The van der Waals surface area contributed by atoms with Crippen molar-refractivity contribution in [2.24, 2.45) is 0 Å². The molecule has 0 atom stereocenters. The summed E-state index contributed by atoms with van der Waals surface area (Å²) in [6, 6.07) is 16.3. The summed E-state index contributed by atoms with van der Waals surface area (Å²) < 4.78 is 5.17. The van der Waals surface area contributed by atoms with Crippen molar-refractivity contribution in [2.75, 3.05) is 35.7 Å². The average Bonchev–Trinajstić information content (AvgIpc) is 3.28. The van der Waals surface area contributed by atoms with Crippen molar-refractivity contribution in [3.63, 3.8) is 0 Å². The van der Waals surface area contributed by atoms with E-state index in [2.05, 4.69) is 55.0 Å². The molecule has 7 heteroatoms. The number of rotatable bonds is 7. The fourth-order valence-electron chi connectivity index (χ4n) is 3.24. The Morgan fingerprint density at radius 1 is 1.00 bits per heavy atom. The third-order valence-corrected chi connectivity index (χ3v) is 4.78. The number of methoxy groups -OCH3 is 1. The van der Waals surface area contributed by atoms with Crippen LogP contribution in [0.3, 0.4) is 0 Å². The van der Waals surface area contributed by atoms with Crippen molar-refractivity contribution in [2.45, 2.75) is 19.4 Å². The van der Waals surface area contributed by atoms with Crippen LogP contribution in [0.4, 0.5) is 23.1 Å². The lowest BCUT2D eigenvalue weighted by Gasteiger charge is -2.17. The highest BCUT2D eigenvalue weighted by Gasteiger charge is 2.11. The average molecular weight is 376 g/mol. The number of hydrogen-bond acceptors (Lipinski definition) is 7. The second-order valence-electron chi connectivity index (χ2n) is 6.73. The van der Waals surface area contributed by atoms with Crippen molar-refractivity contribution in [1.29, 1.82) is 0 Å². The smallest absolute Gasteiger partial charge is 0.244 e. The Morgan fingerprint density at radius 3 is 2.46 bits per heavy atom. The highest BCUT2D eigenvalue weighted by Crippen LogP contribution is 2.23. The van der Waals surface area contributed by atoms with Gasteiger partial charge in [-0.1, -0.05) is 12.1 Å². The number of ether oxygens (including phenoxy) is 1. The Hall–Kier alpha value is -3.35. The zero-order chi connectivity index (χ0) is 19.2. The minimum Gasteiger partial charge on any atom is -0.497 e. The molecule has 3 aromatic rings. The summed E-state index contributed by atoms with van der Waals surface area (Å²) in [4.78, 5) is 6.90. The number of nitrogens with zero attached hydrogens (tertiary/aromatic N) is 4. The van der Waals surface area contributed by atoms with Gasteiger partial charge in [0.25, 0.3) is 0 Å². The van der Waals surface area contributed by atoms with Crippen molar-refractivity contribution < 1.29 is 4.74 Å². The summed E-state index contributed by atoms with van der Waals surface area (Å²) in [6.45, 7) is 2.90. The monoisotopic (exact) mass is 376 g/mol. The molecule has 7 nitrogen and oxygen atoms in total. The van der Waals surface area contributed by atoms with Crippen LogP contribution in [-0.2, 0) is 6.54 Å². The Morgan fingerprint density at radius 2 is 1.75 bits per heavy atom. The fourth-order valence-corrected chi connectivity index (χ4v) is 3.24. The summed E-state index contributed by atoms with van der Waals surface area (Å²) in [6.07, 6.45) is 4.17. The van der Waals surface area contributed by atoms with E-state index in [4.69, 9.17) is 4.74 Å². The second kappa shape index (κ2) is 8.56. The van der Waals surface area contributed by atoms with E-state index in [1.54, 1.807) is 13.3 Å². The molecule has 2 aromatic carbocycles. The van der Waals surface area contributed by atoms with Crippen LogP contribution in [0.15, 0.2) is 54.7 Å². The van der Waals surface area contributed by atoms with Gasteiger partial charge in [-0.2, -0.15) is 10.1 Å². The molecular formula is C21H24N6O. The van der Waals surface area contributed by atoms with Gasteiger partial charge in [0, 0.05) is 31.0 Å². The normalized spacial score (nSPS) is 13.4. The summed E-state index contributed by atoms with van der Waals surface area (Å²) in [5, 5.41) is 14.6. The molecule has 28 heavy (non-hydrogen) atoms. The van der Waals surface area contributed by atoms with Crippen LogP contribution in [0.2, 0.25) is 0 Å². The van der Waals surface area contributed by atoms with Gasteiger partial charge in [-0.25, -0.2) is 0 Å². The predicted molar refractivity (Wildman–Crippen MR) is 111 cm³/mol. The molecule has 0 unspecified atom stereocenters. The maximum absolute atomic E-state index is 5.17. The Labute approximate surface area is 164 Å². The first kappa shape index (κ1) is 18.0. The SMILES string of the molecule is COc1ccc(CNc2nncc(Nc3ccc(N4CCCC4)cc3)n2)cc1. The van der Waals surface area contributed by atoms with Gasteiger partial charge in [0.2, 0.25) is 5.95 Å². The van der Waals surface area contributed by atoms with E-state index in [0.29, 0.717) is 18.3 Å². The third-order valence-electron chi connectivity index (χ3n) is 4.78. The molecular weight excluding hydrogens is 352 g/mol. The first-order valence-corrected chi connectivity index (χ1v) is 9.49. The molecule has 0 aliphatic carbocycles. The summed E-state index contributed by atoms with van der Waals surface area (Å²) in [5.41, 5.74) is 3.36. The van der Waals surface area contributed by atoms with Crippen molar-refractivity contribution >= 4 is 23.1 Å². The first-order chi connectivity index (χ1) is 13.8. The lowest BCUT2D eigenvalue weighted by Crippen LogP contribution is -2.17. The standard InChI is InChI=1S/C21H24N6O/c1-28-19-10-4-16(5-11-19)14-22-21-25-20(15-23-26-21)24-17-6-8-18(9-7-17)27-12-2-3-13-27/h4-11,15H,2-3,12-14H2,1H3,(H2,22,24,25,26). The van der Waals surface area contributed by atoms with Crippen molar-refractivity contribution in [1.82, 2.24) is 15.2 Å². The zero-order valence-electron chi connectivity index (χ0n) is 15.9. The third kappa shape index (κ3) is 4.49. The highest BCUT2D eigenvalue weighted by molar-refractivity contribution is 5.61. The van der Waals surface area contributed by atoms with E-state index in [-0.39, 0.29) is 0 Å². The maximum Gasteiger partial charge on any atom is 0.244 e. The van der Waals surface area contributed by atoms with Gasteiger partial charge in [0.15, 0.2) is 5.82 Å². The topological polar surface area (TPSA) is 75.2 Å². The number of nitrogens with one attached hydrogen (secondary N) is 2. The molecule has 0 spiro atoms. The van der Waals surface area contributed by atoms with Crippen LogP contribution in [0.25, 0.3) is 0 Å². The molecule has 1 aromatic heterocycles. The number of hydrogen-bond donors (Lipinski definition) is 2. The lowest BCUT2D eigenvalue weighted by molar-refractivity contribution is 0.414. The van der Waals surface area contributed by atoms with Gasteiger partial charge in [-0.15, -0.1) is 5.10 Å². The number of benzene rings is 2. The van der Waals surface area contributed by atoms with Gasteiger partial charge in [-0.3, -0.25) is 0 Å². The van der Waals surface area contributed by atoms with E-state index >= 15 is 0 Å². The molecule has 1 aliphatic heterocycles. The molecule has 1 saturated heterocycles. The van der Waals surface area contributed by atoms with E-state index in [9.17, 15) is 0 Å². The predicted octanol–water partition coefficient (Wildman–Crippen LogP) is 3.84. The minimum atomic E-state index is 0.481. The molecule has 2 N–H and O–H groups in total. The molecule has 0 radical (unpaired) electrons. The van der Waals surface area contributed by atoms with Gasteiger partial charge in [0.05, 0.1) is 13.3 Å². The lowest BCUT2D eigenvalue weighted by atomic mass is 10.2. The molecule has 144 valence electrons. The van der Waals surface area contributed by atoms with Crippen LogP contribution in [-0.4, -0.2) is 35.4 Å². The Kier molecular flexibility index (Phi) is 5.51. The first-order valence-electron chi connectivity index (χ1n) is 9.49. The van der Waals surface area contributed by atoms with E-state index in [1.165, 1.54) is 18.5 Å². The summed E-state index contributed by atoms with van der Waals surface area (Å²) >= 11 is 0. The number of anilines is 4. The van der Waals surface area contributed by atoms with Gasteiger partial charge in [0.1, 0.15) is 5.75 Å². The zero-order valence-corrected chi connectivity index (χ0v) is 15.9. The molecule has 4 rings (SSSR count). The Balaban J connectivity index is 1.36. The minimum absolute atomic E-state index is 0.481. The van der Waals surface area contributed by atoms with Gasteiger partial charge < -0.3 is 20.3 Å². The van der Waals surface area contributed by atoms with Gasteiger partial charge in [-0.05, 0) is 54.8 Å². The maximum atomic E-state index is 5.17. The molecule has 2 heterocycles. The summed E-state index contributed by atoms with van der Waals surface area (Å²) in [5.74, 6) is 1.97. The van der Waals surface area contributed by atoms with Crippen LogP contribution in [0, 0.1) is 0 Å². The van der Waals surface area contributed by atoms with Crippen LogP contribution in [0.1, 0.15) is 18.4 Å².